The molecule has 0 aliphatic heterocycles. The number of nitrogens with two attached hydrogens (primary N) is 1. The van der Waals surface area contributed by atoms with Crippen LogP contribution in [0.1, 0.15) is 31.2 Å². The molecular formula is C12H19N5. The first-order valence-corrected chi connectivity index (χ1v) is 5.92. The van der Waals surface area contributed by atoms with E-state index < -0.39 is 0 Å². The van der Waals surface area contributed by atoms with Gasteiger partial charge in [-0.15, -0.1) is 0 Å². The number of hydrogen-bond donors (Lipinski definition) is 2. The Balaban J connectivity index is 2.27. The van der Waals surface area contributed by atoms with Gasteiger partial charge in [-0.05, 0) is 38.7 Å². The van der Waals surface area contributed by atoms with Crippen molar-refractivity contribution in [3.8, 4) is 0 Å². The number of aromatic nitrogens is 2. The highest BCUT2D eigenvalue weighted by atomic mass is 15.3. The van der Waals surface area contributed by atoms with Crippen LogP contribution in [0, 0.1) is 18.3 Å². The molecule has 1 fully saturated rings. The molecule has 1 atom stereocenters. The van der Waals surface area contributed by atoms with E-state index in [2.05, 4.69) is 21.8 Å². The number of aryl methyl sites for hydroxylation is 1. The van der Waals surface area contributed by atoms with E-state index in [0.29, 0.717) is 17.7 Å². The van der Waals surface area contributed by atoms with Crippen LogP contribution in [0.25, 0.3) is 0 Å². The summed E-state index contributed by atoms with van der Waals surface area (Å²) in [7, 11) is 2.00. The fourth-order valence-electron chi connectivity index (χ4n) is 1.93. The zero-order valence-electron chi connectivity index (χ0n) is 10.6. The number of nitrogen functional groups attached to an aromatic ring is 1. The molecule has 1 aliphatic rings. The lowest BCUT2D eigenvalue weighted by Gasteiger charge is -2.25. The van der Waals surface area contributed by atoms with Crippen LogP contribution in [0.2, 0.25) is 0 Å². The Morgan fingerprint density at radius 2 is 2.18 bits per heavy atom. The van der Waals surface area contributed by atoms with Gasteiger partial charge in [0.1, 0.15) is 11.5 Å². The molecule has 1 unspecified atom stereocenters. The summed E-state index contributed by atoms with van der Waals surface area (Å²) in [5.41, 5.74) is 6.82. The highest BCUT2D eigenvalue weighted by Gasteiger charge is 2.31. The summed E-state index contributed by atoms with van der Waals surface area (Å²) in [6, 6.07) is 2.18. The van der Waals surface area contributed by atoms with Crippen LogP contribution < -0.4 is 10.6 Å². The minimum absolute atomic E-state index is 0.00998. The SMILES string of the molecule is Cc1cc(C(=N)N)nc(N(C)C(C)C2CC2)n1. The Hall–Kier alpha value is -1.65. The fraction of sp³-hybridized carbons (Fsp3) is 0.583. The summed E-state index contributed by atoms with van der Waals surface area (Å²) in [4.78, 5) is 10.8. The molecule has 5 heteroatoms. The molecule has 1 aliphatic carbocycles. The van der Waals surface area contributed by atoms with Gasteiger partial charge in [0.05, 0.1) is 0 Å². The number of nitrogens with one attached hydrogen (secondary N) is 1. The standard InChI is InChI=1S/C12H19N5/c1-7-6-10(11(13)14)16-12(15-7)17(3)8(2)9-4-5-9/h6,8-9H,4-5H2,1-3H3,(H3,13,14). The van der Waals surface area contributed by atoms with Crippen LogP contribution in [0.3, 0.4) is 0 Å². The van der Waals surface area contributed by atoms with Gasteiger partial charge in [-0.1, -0.05) is 0 Å². The highest BCUT2D eigenvalue weighted by molar-refractivity contribution is 5.93. The van der Waals surface area contributed by atoms with Gasteiger partial charge in [0.25, 0.3) is 0 Å². The summed E-state index contributed by atoms with van der Waals surface area (Å²) in [5, 5.41) is 7.44. The lowest BCUT2D eigenvalue weighted by Crippen LogP contribution is -2.32. The zero-order chi connectivity index (χ0) is 12.6. The average Bonchev–Trinajstić information content (AvgIpc) is 3.10. The number of rotatable bonds is 4. The lowest BCUT2D eigenvalue weighted by atomic mass is 10.2. The normalized spacial score (nSPS) is 16.6. The van der Waals surface area contributed by atoms with E-state index in [1.165, 1.54) is 12.8 Å². The van der Waals surface area contributed by atoms with E-state index >= 15 is 0 Å². The third kappa shape index (κ3) is 2.54. The average molecular weight is 233 g/mol. The van der Waals surface area contributed by atoms with Gasteiger partial charge < -0.3 is 10.6 Å². The molecule has 0 saturated heterocycles. The highest BCUT2D eigenvalue weighted by Crippen LogP contribution is 2.35. The Bertz CT molecular complexity index is 439. The number of hydrogen-bond acceptors (Lipinski definition) is 4. The fourth-order valence-corrected chi connectivity index (χ4v) is 1.93. The molecule has 1 aromatic rings. The molecule has 2 rings (SSSR count). The molecule has 0 aromatic carbocycles. The van der Waals surface area contributed by atoms with Gasteiger partial charge in [0, 0.05) is 18.8 Å². The van der Waals surface area contributed by atoms with Crippen LogP contribution in [0.15, 0.2) is 6.07 Å². The molecular weight excluding hydrogens is 214 g/mol. The topological polar surface area (TPSA) is 78.9 Å². The summed E-state index contributed by atoms with van der Waals surface area (Å²) in [5.74, 6) is 1.41. The van der Waals surface area contributed by atoms with Crippen LogP contribution in [0.4, 0.5) is 5.95 Å². The number of nitrogens with zero attached hydrogens (tertiary/aromatic N) is 3. The van der Waals surface area contributed by atoms with Crippen molar-refractivity contribution < 1.29 is 0 Å². The van der Waals surface area contributed by atoms with Crippen molar-refractivity contribution in [3.63, 3.8) is 0 Å². The van der Waals surface area contributed by atoms with Crippen molar-refractivity contribution in [2.45, 2.75) is 32.7 Å². The third-order valence-corrected chi connectivity index (χ3v) is 3.35. The van der Waals surface area contributed by atoms with Crippen molar-refractivity contribution in [2.75, 3.05) is 11.9 Å². The molecule has 3 N–H and O–H groups in total. The van der Waals surface area contributed by atoms with Crippen LogP contribution in [0.5, 0.6) is 0 Å². The van der Waals surface area contributed by atoms with Crippen LogP contribution >= 0.6 is 0 Å². The van der Waals surface area contributed by atoms with Gasteiger partial charge in [0.15, 0.2) is 0 Å². The Kier molecular flexibility index (Phi) is 3.00. The van der Waals surface area contributed by atoms with E-state index in [1.807, 2.05) is 14.0 Å². The van der Waals surface area contributed by atoms with E-state index in [9.17, 15) is 0 Å². The molecule has 0 spiro atoms. The molecule has 1 aromatic heterocycles. The zero-order valence-corrected chi connectivity index (χ0v) is 10.6. The summed E-state index contributed by atoms with van der Waals surface area (Å²) in [6.07, 6.45) is 2.58. The van der Waals surface area contributed by atoms with E-state index in [4.69, 9.17) is 11.1 Å². The largest absolute Gasteiger partial charge is 0.382 e. The van der Waals surface area contributed by atoms with Crippen molar-refractivity contribution in [1.82, 2.24) is 9.97 Å². The monoisotopic (exact) mass is 233 g/mol. The second-order valence-electron chi connectivity index (χ2n) is 4.80. The maximum absolute atomic E-state index is 7.44. The van der Waals surface area contributed by atoms with Gasteiger partial charge >= 0.3 is 0 Å². The molecule has 1 saturated carbocycles. The van der Waals surface area contributed by atoms with Crippen LogP contribution in [-0.2, 0) is 0 Å². The maximum atomic E-state index is 7.44. The molecule has 0 bridgehead atoms. The molecule has 0 amide bonds. The third-order valence-electron chi connectivity index (χ3n) is 3.35. The summed E-state index contributed by atoms with van der Waals surface area (Å²) in [6.45, 7) is 4.09. The lowest BCUT2D eigenvalue weighted by molar-refractivity contribution is 0.596. The minimum Gasteiger partial charge on any atom is -0.382 e. The van der Waals surface area contributed by atoms with Crippen molar-refractivity contribution in [1.29, 1.82) is 5.41 Å². The molecule has 92 valence electrons. The molecule has 0 radical (unpaired) electrons. The molecule has 17 heavy (non-hydrogen) atoms. The first kappa shape index (κ1) is 11.8. The number of anilines is 1. The second-order valence-corrected chi connectivity index (χ2v) is 4.80. The quantitative estimate of drug-likeness (QED) is 0.607. The van der Waals surface area contributed by atoms with Crippen LogP contribution in [-0.4, -0.2) is 28.9 Å². The van der Waals surface area contributed by atoms with E-state index in [0.717, 1.165) is 11.6 Å². The second kappa shape index (κ2) is 4.31. The predicted octanol–water partition coefficient (Wildman–Crippen LogP) is 1.30. The van der Waals surface area contributed by atoms with Crippen molar-refractivity contribution in [2.24, 2.45) is 11.7 Å². The Morgan fingerprint density at radius 3 is 2.71 bits per heavy atom. The maximum Gasteiger partial charge on any atom is 0.226 e. The van der Waals surface area contributed by atoms with E-state index in [-0.39, 0.29) is 5.84 Å². The van der Waals surface area contributed by atoms with Gasteiger partial charge in [-0.25, -0.2) is 9.97 Å². The summed E-state index contributed by atoms with van der Waals surface area (Å²) < 4.78 is 0. The van der Waals surface area contributed by atoms with Gasteiger partial charge in [-0.2, -0.15) is 0 Å². The predicted molar refractivity (Wildman–Crippen MR) is 68.4 cm³/mol. The Labute approximate surface area is 102 Å². The first-order chi connectivity index (χ1) is 7.99. The van der Waals surface area contributed by atoms with E-state index in [1.54, 1.807) is 6.07 Å². The molecule has 5 nitrogen and oxygen atoms in total. The van der Waals surface area contributed by atoms with Crippen molar-refractivity contribution >= 4 is 11.8 Å². The summed E-state index contributed by atoms with van der Waals surface area (Å²) >= 11 is 0. The first-order valence-electron chi connectivity index (χ1n) is 5.92. The Morgan fingerprint density at radius 1 is 1.53 bits per heavy atom. The molecule has 1 heterocycles. The van der Waals surface area contributed by atoms with Crippen molar-refractivity contribution in [3.05, 3.63) is 17.5 Å². The van der Waals surface area contributed by atoms with Gasteiger partial charge in [0.2, 0.25) is 5.95 Å². The smallest absolute Gasteiger partial charge is 0.226 e. The minimum atomic E-state index is -0.00998. The number of amidine groups is 1. The van der Waals surface area contributed by atoms with Gasteiger partial charge in [-0.3, -0.25) is 5.41 Å².